The quantitative estimate of drug-likeness (QED) is 0.245. The van der Waals surface area contributed by atoms with Gasteiger partial charge in [0.25, 0.3) is 5.91 Å². The van der Waals surface area contributed by atoms with Gasteiger partial charge in [0.05, 0.1) is 22.1 Å². The first-order valence-electron chi connectivity index (χ1n) is 15.2. The first-order valence-corrected chi connectivity index (χ1v) is 15.9. The zero-order valence-electron chi connectivity index (χ0n) is 26.2. The fraction of sp³-hybridized carbons (Fsp3) is 0.314. The summed E-state index contributed by atoms with van der Waals surface area (Å²) in [7, 11) is 0. The van der Waals surface area contributed by atoms with Gasteiger partial charge in [-0.15, -0.1) is 0 Å². The molecule has 2 aliphatic rings. The van der Waals surface area contributed by atoms with E-state index in [-0.39, 0.29) is 24.2 Å². The van der Waals surface area contributed by atoms with Crippen LogP contribution in [0.5, 0.6) is 0 Å². The van der Waals surface area contributed by atoms with E-state index in [1.165, 1.54) is 19.1 Å². The molecule has 2 aliphatic heterocycles. The van der Waals surface area contributed by atoms with E-state index in [0.717, 1.165) is 16.8 Å². The molecular formula is C35H36Cl2FN3O7. The summed E-state index contributed by atoms with van der Waals surface area (Å²) < 4.78 is 20.4. The van der Waals surface area contributed by atoms with E-state index in [1.807, 2.05) is 48.5 Å². The maximum Gasteiger partial charge on any atom is 0.328 e. The number of amides is 2. The first-order chi connectivity index (χ1) is 22.8. The van der Waals surface area contributed by atoms with Crippen LogP contribution in [-0.2, 0) is 35.1 Å². The van der Waals surface area contributed by atoms with E-state index in [2.05, 4.69) is 10.2 Å². The number of likely N-dealkylation sites (tertiary alicyclic amines) is 1. The summed E-state index contributed by atoms with van der Waals surface area (Å²) in [5.41, 5.74) is 1.03. The van der Waals surface area contributed by atoms with E-state index in [1.54, 1.807) is 17.0 Å². The number of rotatable bonds is 9. The van der Waals surface area contributed by atoms with Crippen LogP contribution in [0.1, 0.15) is 37.3 Å². The predicted molar refractivity (Wildman–Crippen MR) is 179 cm³/mol. The number of halogens is 3. The molecule has 2 fully saturated rings. The van der Waals surface area contributed by atoms with Crippen molar-refractivity contribution >= 4 is 52.6 Å². The summed E-state index contributed by atoms with van der Waals surface area (Å²) in [5.74, 6) is -3.08. The van der Waals surface area contributed by atoms with Gasteiger partial charge in [-0.05, 0) is 66.8 Å². The van der Waals surface area contributed by atoms with Gasteiger partial charge in [0, 0.05) is 44.4 Å². The molecule has 0 spiro atoms. The average Bonchev–Trinajstić information content (AvgIpc) is 3.06. The molecule has 48 heavy (non-hydrogen) atoms. The largest absolute Gasteiger partial charge is 0.478 e. The molecule has 0 radical (unpaired) electrons. The Kier molecular flexibility index (Phi) is 12.3. The molecule has 2 heterocycles. The number of ether oxygens (including phenoxy) is 1. The summed E-state index contributed by atoms with van der Waals surface area (Å²) in [4.78, 5) is 48.3. The molecule has 0 aliphatic carbocycles. The maximum atomic E-state index is 14.1. The normalized spacial score (nSPS) is 19.3. The number of morpholine rings is 1. The Morgan fingerprint density at radius 1 is 0.917 bits per heavy atom. The van der Waals surface area contributed by atoms with Crippen molar-refractivity contribution in [3.05, 3.63) is 112 Å². The summed E-state index contributed by atoms with van der Waals surface area (Å²) in [5, 5.41) is 19.6. The fourth-order valence-corrected chi connectivity index (χ4v) is 6.31. The molecule has 1 unspecified atom stereocenters. The summed E-state index contributed by atoms with van der Waals surface area (Å²) >= 11 is 12.7. The molecule has 3 aromatic carbocycles. The highest BCUT2D eigenvalue weighted by atomic mass is 35.5. The lowest BCUT2D eigenvalue weighted by Gasteiger charge is -2.46. The number of carboxylic acids is 2. The van der Waals surface area contributed by atoms with Crippen LogP contribution in [0.15, 0.2) is 84.9 Å². The van der Waals surface area contributed by atoms with Crippen LogP contribution in [0.3, 0.4) is 0 Å². The van der Waals surface area contributed by atoms with Crippen molar-refractivity contribution < 1.29 is 38.5 Å². The maximum absolute atomic E-state index is 14.1. The van der Waals surface area contributed by atoms with Crippen molar-refractivity contribution in [3.8, 4) is 0 Å². The number of carbonyl (C=O) groups excluding carboxylic acids is 2. The Morgan fingerprint density at radius 3 is 2.17 bits per heavy atom. The molecule has 5 rings (SSSR count). The summed E-state index contributed by atoms with van der Waals surface area (Å²) in [6, 6.07) is 21.5. The van der Waals surface area contributed by atoms with E-state index in [4.69, 9.17) is 38.2 Å². The molecule has 0 saturated carbocycles. The summed E-state index contributed by atoms with van der Waals surface area (Å²) in [6.07, 6.45) is 3.01. The number of hydrogen-bond acceptors (Lipinski definition) is 6. The zero-order chi connectivity index (χ0) is 34.9. The highest BCUT2D eigenvalue weighted by molar-refractivity contribution is 6.42. The number of piperidine rings is 1. The number of aliphatic carboxylic acids is 2. The van der Waals surface area contributed by atoms with Crippen molar-refractivity contribution in [2.75, 3.05) is 37.7 Å². The van der Waals surface area contributed by atoms with Crippen molar-refractivity contribution in [2.24, 2.45) is 0 Å². The fourth-order valence-electron chi connectivity index (χ4n) is 6.01. The second kappa shape index (κ2) is 16.2. The lowest BCUT2D eigenvalue weighted by atomic mass is 9.80. The van der Waals surface area contributed by atoms with Gasteiger partial charge in [0.2, 0.25) is 5.91 Å². The summed E-state index contributed by atoms with van der Waals surface area (Å²) in [6.45, 7) is 3.87. The molecule has 0 bridgehead atoms. The van der Waals surface area contributed by atoms with Crippen LogP contribution < -0.4 is 10.2 Å². The van der Waals surface area contributed by atoms with Crippen molar-refractivity contribution in [2.45, 2.75) is 37.3 Å². The van der Waals surface area contributed by atoms with E-state index < -0.39 is 23.1 Å². The van der Waals surface area contributed by atoms with Crippen molar-refractivity contribution in [3.63, 3.8) is 0 Å². The predicted octanol–water partition coefficient (Wildman–Crippen LogP) is 5.62. The van der Waals surface area contributed by atoms with Gasteiger partial charge in [0.1, 0.15) is 18.0 Å². The van der Waals surface area contributed by atoms with Crippen LogP contribution in [0.4, 0.5) is 10.1 Å². The minimum Gasteiger partial charge on any atom is -0.478 e. The minimum absolute atomic E-state index is 0.0552. The van der Waals surface area contributed by atoms with Gasteiger partial charge in [-0.25, -0.2) is 14.0 Å². The first kappa shape index (κ1) is 36.5. The van der Waals surface area contributed by atoms with E-state index in [9.17, 15) is 23.6 Å². The molecule has 254 valence electrons. The number of carboxylic acid groups (broad SMARTS) is 2. The van der Waals surface area contributed by atoms with E-state index in [0.29, 0.717) is 67.6 Å². The van der Waals surface area contributed by atoms with Gasteiger partial charge < -0.3 is 30.1 Å². The van der Waals surface area contributed by atoms with Crippen LogP contribution in [0, 0.1) is 5.82 Å². The monoisotopic (exact) mass is 699 g/mol. The Labute approximate surface area is 287 Å². The Balaban J connectivity index is 0.000000579. The molecule has 13 heteroatoms. The molecular weight excluding hydrogens is 664 g/mol. The van der Waals surface area contributed by atoms with Crippen LogP contribution >= 0.6 is 23.2 Å². The number of hydrogen-bond donors (Lipinski definition) is 3. The van der Waals surface area contributed by atoms with Crippen LogP contribution in [0.25, 0.3) is 0 Å². The molecule has 0 aromatic heterocycles. The Morgan fingerprint density at radius 2 is 1.58 bits per heavy atom. The number of nitrogens with zero attached hydrogens (tertiary/aromatic N) is 2. The standard InChI is InChI=1S/C31H32Cl2FN3O3.C4H4O4/c1-22(38)35-30(23-6-5-7-25(34)18-23)12-15-36(16-13-30)17-14-31(24-10-11-27(32)28(33)19-24)21-37(29(39)20-40-31)26-8-3-2-4-9-26;5-3(6)1-2-4(7)8/h2-11,18-19H,12-17,20-21H2,1H3,(H,35,38);1-2H,(H,5,6)(H,7,8). The number of nitrogens with one attached hydrogen (secondary N) is 1. The third-order valence-corrected chi connectivity index (χ3v) is 9.14. The lowest BCUT2D eigenvalue weighted by Crippen LogP contribution is -2.55. The molecule has 1 atom stereocenters. The second-order valence-electron chi connectivity index (χ2n) is 11.6. The SMILES string of the molecule is CC(=O)NC1(c2cccc(F)c2)CCN(CCC2(c3ccc(Cl)c(Cl)c3)CN(c3ccccc3)C(=O)CO2)CC1.O=C(O)C=CC(=O)O. The molecule has 2 saturated heterocycles. The second-order valence-corrected chi connectivity index (χ2v) is 12.4. The number of para-hydroxylation sites is 1. The number of anilines is 1. The zero-order valence-corrected chi connectivity index (χ0v) is 27.7. The number of carbonyl (C=O) groups is 4. The average molecular weight is 701 g/mol. The molecule has 10 nitrogen and oxygen atoms in total. The van der Waals surface area contributed by atoms with Gasteiger partial charge in [-0.2, -0.15) is 0 Å². The van der Waals surface area contributed by atoms with Gasteiger partial charge in [-0.3, -0.25) is 9.59 Å². The van der Waals surface area contributed by atoms with E-state index >= 15 is 0 Å². The molecule has 2 amide bonds. The third kappa shape index (κ3) is 9.41. The Bertz CT molecular complexity index is 1650. The Hall–Kier alpha value is -4.29. The molecule has 3 aromatic rings. The number of benzene rings is 3. The lowest BCUT2D eigenvalue weighted by molar-refractivity contribution is -0.141. The third-order valence-electron chi connectivity index (χ3n) is 8.40. The van der Waals surface area contributed by atoms with Crippen molar-refractivity contribution in [1.29, 1.82) is 0 Å². The van der Waals surface area contributed by atoms with Crippen molar-refractivity contribution in [1.82, 2.24) is 10.2 Å². The highest BCUT2D eigenvalue weighted by Crippen LogP contribution is 2.39. The molecule has 3 N–H and O–H groups in total. The topological polar surface area (TPSA) is 136 Å². The van der Waals surface area contributed by atoms with Gasteiger partial charge >= 0.3 is 11.9 Å². The van der Waals surface area contributed by atoms with Gasteiger partial charge in [-0.1, -0.05) is 59.6 Å². The van der Waals surface area contributed by atoms with Crippen LogP contribution in [0.2, 0.25) is 10.0 Å². The van der Waals surface area contributed by atoms with Crippen LogP contribution in [-0.4, -0.2) is 71.7 Å². The smallest absolute Gasteiger partial charge is 0.328 e. The highest BCUT2D eigenvalue weighted by Gasteiger charge is 2.43. The van der Waals surface area contributed by atoms with Gasteiger partial charge in [0.15, 0.2) is 0 Å². The minimum atomic E-state index is -1.26.